The molecule has 3 aromatic carbocycles. The molecule has 2 heterocycles. The largest absolute Gasteiger partial charge is 0.389 e. The van der Waals surface area contributed by atoms with Gasteiger partial charge in [0.15, 0.2) is 0 Å². The lowest BCUT2D eigenvalue weighted by Crippen LogP contribution is -2.52. The number of piperidine rings is 1. The zero-order chi connectivity index (χ0) is 22.5. The Bertz CT molecular complexity index is 1090. The maximum atomic E-state index is 10.9. The molecule has 4 aromatic rings. The van der Waals surface area contributed by atoms with Gasteiger partial charge in [0.2, 0.25) is 0 Å². The highest BCUT2D eigenvalue weighted by molar-refractivity contribution is 5.54. The molecule has 3 heteroatoms. The van der Waals surface area contributed by atoms with Crippen LogP contribution in [0.5, 0.6) is 0 Å². The summed E-state index contributed by atoms with van der Waals surface area (Å²) >= 11 is 0. The van der Waals surface area contributed by atoms with Crippen LogP contribution in [0.2, 0.25) is 0 Å². The number of aromatic nitrogens is 1. The Morgan fingerprint density at radius 1 is 0.727 bits per heavy atom. The number of hydrogen-bond acceptors (Lipinski definition) is 3. The molecular formula is C30H28N2O. The first kappa shape index (κ1) is 21.3. The van der Waals surface area contributed by atoms with Crippen LogP contribution in [-0.2, 0) is 5.54 Å². The molecule has 1 atom stereocenters. The maximum Gasteiger partial charge on any atom is 0.0975 e. The summed E-state index contributed by atoms with van der Waals surface area (Å²) in [6, 6.07) is 38.0. The van der Waals surface area contributed by atoms with Gasteiger partial charge in [-0.2, -0.15) is 0 Å². The van der Waals surface area contributed by atoms with E-state index in [1.54, 1.807) is 6.20 Å². The van der Waals surface area contributed by atoms with Crippen LogP contribution < -0.4 is 0 Å². The number of benzene rings is 3. The third-order valence-electron chi connectivity index (χ3n) is 6.54. The van der Waals surface area contributed by atoms with Crippen LogP contribution in [0.25, 0.3) is 6.08 Å². The highest BCUT2D eigenvalue weighted by Gasteiger charge is 2.44. The van der Waals surface area contributed by atoms with Gasteiger partial charge in [0.25, 0.3) is 0 Å². The summed E-state index contributed by atoms with van der Waals surface area (Å²) in [4.78, 5) is 6.97. The molecule has 0 aliphatic carbocycles. The molecular weight excluding hydrogens is 404 g/mol. The van der Waals surface area contributed by atoms with Gasteiger partial charge in [-0.3, -0.25) is 9.88 Å². The van der Waals surface area contributed by atoms with Gasteiger partial charge in [0.1, 0.15) is 0 Å². The Hall–Kier alpha value is -3.53. The monoisotopic (exact) mass is 432 g/mol. The zero-order valence-electron chi connectivity index (χ0n) is 18.6. The average molecular weight is 433 g/mol. The van der Waals surface area contributed by atoms with Crippen molar-refractivity contribution in [1.29, 1.82) is 0 Å². The van der Waals surface area contributed by atoms with Crippen molar-refractivity contribution >= 4 is 6.08 Å². The highest BCUT2D eigenvalue weighted by atomic mass is 16.3. The van der Waals surface area contributed by atoms with E-state index in [1.165, 1.54) is 16.7 Å². The molecule has 3 nitrogen and oxygen atoms in total. The van der Waals surface area contributed by atoms with E-state index in [9.17, 15) is 5.11 Å². The smallest absolute Gasteiger partial charge is 0.0975 e. The first-order chi connectivity index (χ1) is 16.3. The number of nitrogens with zero attached hydrogens (tertiary/aromatic N) is 2. The van der Waals surface area contributed by atoms with Crippen LogP contribution in [0.15, 0.2) is 121 Å². The second kappa shape index (κ2) is 9.53. The number of rotatable bonds is 5. The Morgan fingerprint density at radius 3 is 1.73 bits per heavy atom. The van der Waals surface area contributed by atoms with Crippen molar-refractivity contribution in [3.63, 3.8) is 0 Å². The van der Waals surface area contributed by atoms with E-state index in [2.05, 4.69) is 101 Å². The molecule has 0 bridgehead atoms. The van der Waals surface area contributed by atoms with E-state index in [1.807, 2.05) is 24.3 Å². The summed E-state index contributed by atoms with van der Waals surface area (Å²) in [6.45, 7) is 1.43. The predicted octanol–water partition coefficient (Wildman–Crippen LogP) is 5.52. The summed E-state index contributed by atoms with van der Waals surface area (Å²) in [5, 5.41) is 10.9. The third-order valence-corrected chi connectivity index (χ3v) is 6.54. The molecule has 1 fully saturated rings. The van der Waals surface area contributed by atoms with Gasteiger partial charge in [-0.05, 0) is 46.9 Å². The molecule has 5 rings (SSSR count). The molecule has 1 aliphatic heterocycles. The molecule has 0 radical (unpaired) electrons. The van der Waals surface area contributed by atoms with Crippen molar-refractivity contribution in [2.45, 2.75) is 18.1 Å². The SMILES string of the molecule is OC1CCN(C(c2ccccc2)(c2ccccc2)c2ccccc2)C/C1=C\c1ccccn1. The number of pyridine rings is 1. The van der Waals surface area contributed by atoms with Crippen molar-refractivity contribution < 1.29 is 5.11 Å². The lowest BCUT2D eigenvalue weighted by molar-refractivity contribution is 0.0872. The van der Waals surface area contributed by atoms with Crippen molar-refractivity contribution in [1.82, 2.24) is 9.88 Å². The van der Waals surface area contributed by atoms with Crippen LogP contribution >= 0.6 is 0 Å². The summed E-state index contributed by atoms with van der Waals surface area (Å²) in [7, 11) is 0. The quantitative estimate of drug-likeness (QED) is 0.422. The number of hydrogen-bond donors (Lipinski definition) is 1. The van der Waals surface area contributed by atoms with E-state index >= 15 is 0 Å². The topological polar surface area (TPSA) is 36.4 Å². The number of aliphatic hydroxyl groups excluding tert-OH is 1. The van der Waals surface area contributed by atoms with Crippen molar-refractivity contribution in [2.75, 3.05) is 13.1 Å². The van der Waals surface area contributed by atoms with Gasteiger partial charge in [0, 0.05) is 19.3 Å². The summed E-state index contributed by atoms with van der Waals surface area (Å²) in [5.74, 6) is 0. The van der Waals surface area contributed by atoms with Gasteiger partial charge >= 0.3 is 0 Å². The van der Waals surface area contributed by atoms with E-state index in [0.717, 1.165) is 17.8 Å². The minimum absolute atomic E-state index is 0.469. The summed E-state index contributed by atoms with van der Waals surface area (Å²) in [6.07, 6.45) is 4.04. The average Bonchev–Trinajstić information content (AvgIpc) is 2.89. The fourth-order valence-corrected chi connectivity index (χ4v) is 5.03. The van der Waals surface area contributed by atoms with Crippen molar-refractivity contribution in [2.24, 2.45) is 0 Å². The first-order valence-electron chi connectivity index (χ1n) is 11.5. The summed E-state index contributed by atoms with van der Waals surface area (Å²) in [5.41, 5.74) is 5.04. The van der Waals surface area contributed by atoms with Gasteiger partial charge in [-0.1, -0.05) is 97.1 Å². The van der Waals surface area contributed by atoms with E-state index in [-0.39, 0.29) is 0 Å². The molecule has 1 saturated heterocycles. The van der Waals surface area contributed by atoms with Crippen LogP contribution in [0.1, 0.15) is 28.8 Å². The van der Waals surface area contributed by atoms with E-state index in [0.29, 0.717) is 13.0 Å². The third kappa shape index (κ3) is 4.13. The Morgan fingerprint density at radius 2 is 1.24 bits per heavy atom. The minimum Gasteiger partial charge on any atom is -0.389 e. The Labute approximate surface area is 195 Å². The van der Waals surface area contributed by atoms with E-state index < -0.39 is 11.6 Å². The van der Waals surface area contributed by atoms with Gasteiger partial charge in [-0.25, -0.2) is 0 Å². The maximum absolute atomic E-state index is 10.9. The number of likely N-dealkylation sites (tertiary alicyclic amines) is 1. The fraction of sp³-hybridized carbons (Fsp3) is 0.167. The Balaban J connectivity index is 1.70. The summed E-state index contributed by atoms with van der Waals surface area (Å²) < 4.78 is 0. The predicted molar refractivity (Wildman–Crippen MR) is 134 cm³/mol. The molecule has 33 heavy (non-hydrogen) atoms. The minimum atomic E-state index is -0.479. The van der Waals surface area contributed by atoms with Crippen molar-refractivity contribution in [3.8, 4) is 0 Å². The van der Waals surface area contributed by atoms with E-state index in [4.69, 9.17) is 0 Å². The first-order valence-corrected chi connectivity index (χ1v) is 11.5. The lowest BCUT2D eigenvalue weighted by Gasteiger charge is -2.48. The Kier molecular flexibility index (Phi) is 6.16. The van der Waals surface area contributed by atoms with Crippen LogP contribution in [-0.4, -0.2) is 34.2 Å². The second-order valence-electron chi connectivity index (χ2n) is 8.51. The zero-order valence-corrected chi connectivity index (χ0v) is 18.6. The van der Waals surface area contributed by atoms with Crippen LogP contribution in [0.4, 0.5) is 0 Å². The fourth-order valence-electron chi connectivity index (χ4n) is 5.03. The van der Waals surface area contributed by atoms with Crippen molar-refractivity contribution in [3.05, 3.63) is 143 Å². The molecule has 1 aromatic heterocycles. The second-order valence-corrected chi connectivity index (χ2v) is 8.51. The molecule has 164 valence electrons. The number of aliphatic hydroxyl groups is 1. The van der Waals surface area contributed by atoms with Crippen LogP contribution in [0.3, 0.4) is 0 Å². The standard InChI is InChI=1S/C30H28N2O/c33-29-19-21-32(23-24(29)22-28-18-10-11-20-31-28)30(25-12-4-1-5-13-25,26-14-6-2-7-15-26)27-16-8-3-9-17-27/h1-18,20,22,29,33H,19,21,23H2/b24-22+. The van der Waals surface area contributed by atoms with Gasteiger partial charge in [-0.15, -0.1) is 0 Å². The molecule has 1 aliphatic rings. The van der Waals surface area contributed by atoms with Gasteiger partial charge in [0.05, 0.1) is 17.3 Å². The highest BCUT2D eigenvalue weighted by Crippen LogP contribution is 2.44. The molecule has 1 N–H and O–H groups in total. The molecule has 1 unspecified atom stereocenters. The molecule has 0 amide bonds. The molecule has 0 spiro atoms. The van der Waals surface area contributed by atoms with Crippen LogP contribution in [0, 0.1) is 0 Å². The van der Waals surface area contributed by atoms with Gasteiger partial charge < -0.3 is 5.11 Å². The lowest BCUT2D eigenvalue weighted by atomic mass is 9.74. The normalized spacial score (nSPS) is 18.3. The molecule has 0 saturated carbocycles.